The predicted octanol–water partition coefficient (Wildman–Crippen LogP) is 14.4. The molecule has 0 aromatic carbocycles. The van der Waals surface area contributed by atoms with Gasteiger partial charge in [0, 0.05) is 80.9 Å². The second kappa shape index (κ2) is 29.8. The number of hydrogen-bond acceptors (Lipinski definition) is 23. The van der Waals surface area contributed by atoms with Crippen molar-refractivity contribution in [3.63, 3.8) is 0 Å². The Labute approximate surface area is 511 Å². The highest BCUT2D eigenvalue weighted by Crippen LogP contribution is 2.37. The summed E-state index contributed by atoms with van der Waals surface area (Å²) in [5.74, 6) is -12.4. The van der Waals surface area contributed by atoms with Crippen LogP contribution in [-0.4, -0.2) is 91.0 Å². The van der Waals surface area contributed by atoms with Crippen molar-refractivity contribution < 1.29 is 52.8 Å². The van der Waals surface area contributed by atoms with Gasteiger partial charge in [-0.1, -0.05) is 63.2 Å². The first-order chi connectivity index (χ1) is 40.8. The minimum absolute atomic E-state index is 0.0957. The summed E-state index contributed by atoms with van der Waals surface area (Å²) in [7, 11) is 0. The summed E-state index contributed by atoms with van der Waals surface area (Å²) in [6, 6.07) is 10.9. The number of hydrogen-bond donors (Lipinski definition) is 2. The van der Waals surface area contributed by atoms with E-state index in [2.05, 4.69) is 106 Å². The lowest BCUT2D eigenvalue weighted by atomic mass is 10.2. The molecule has 2 N–H and O–H groups in total. The average Bonchev–Trinajstić information content (AvgIpc) is 3.01. The highest BCUT2D eigenvalue weighted by atomic mass is 35.5. The number of halogens is 16. The maximum atomic E-state index is 13.8. The second-order valence-corrected chi connectivity index (χ2v) is 20.0. The number of nitrogens with one attached hydrogen (secondary N) is 2. The summed E-state index contributed by atoms with van der Waals surface area (Å²) in [5.41, 5.74) is -1.36. The summed E-state index contributed by atoms with van der Waals surface area (Å²) in [6.07, 6.45) is 10.4. The quantitative estimate of drug-likeness (QED) is 0.102. The number of thiophene rings is 1. The van der Waals surface area contributed by atoms with E-state index in [9.17, 15) is 48.3 Å². The smallest absolute Gasteiger partial charge is 0.329 e. The van der Waals surface area contributed by atoms with Gasteiger partial charge in [-0.05, 0) is 48.5 Å². The van der Waals surface area contributed by atoms with Crippen molar-refractivity contribution in [2.24, 2.45) is 0 Å². The van der Waals surface area contributed by atoms with E-state index in [1.54, 1.807) is 18.2 Å². The summed E-state index contributed by atoms with van der Waals surface area (Å²) < 4.78 is 148. The van der Waals surface area contributed by atoms with Crippen LogP contribution >= 0.6 is 69.3 Å². The first-order valence-electron chi connectivity index (χ1n) is 23.5. The molecule has 10 rings (SSSR count). The molecule has 0 amide bonds. The Kier molecular flexibility index (Phi) is 23.2. The Balaban J connectivity index is 0.000000188. The average molecular weight is 1340 g/mol. The molecule has 87 heavy (non-hydrogen) atoms. The van der Waals surface area contributed by atoms with Gasteiger partial charge in [0.15, 0.2) is 49.0 Å². The summed E-state index contributed by atoms with van der Waals surface area (Å²) in [6.45, 7) is 3.09. The molecule has 10 aromatic heterocycles. The number of rotatable bonds is 13. The molecule has 0 saturated carbocycles. The lowest BCUT2D eigenvalue weighted by Crippen LogP contribution is -2.20. The molecular formula is C48H35Cl5F11N21OS. The van der Waals surface area contributed by atoms with E-state index in [1.807, 2.05) is 0 Å². The molecule has 10 heterocycles. The third-order valence-electron chi connectivity index (χ3n) is 9.93. The molecule has 456 valence electrons. The fourth-order valence-corrected chi connectivity index (χ4v) is 7.77. The zero-order valence-corrected chi connectivity index (χ0v) is 48.6. The molecule has 0 aliphatic heterocycles. The molecule has 0 spiro atoms. The molecule has 0 saturated heterocycles. The van der Waals surface area contributed by atoms with Crippen LogP contribution in [0.15, 0.2) is 121 Å². The van der Waals surface area contributed by atoms with E-state index in [0.717, 1.165) is 56.6 Å². The van der Waals surface area contributed by atoms with E-state index in [1.165, 1.54) is 78.9 Å². The molecule has 0 bridgehead atoms. The van der Waals surface area contributed by atoms with Crippen molar-refractivity contribution in [3.05, 3.63) is 175 Å². The molecule has 39 heteroatoms. The molecule has 0 aliphatic carbocycles. The lowest BCUT2D eigenvalue weighted by Gasteiger charge is -2.22. The molecule has 10 aromatic rings. The number of nitrogens with zero attached hydrogens (tertiary/aromatic N) is 19. The van der Waals surface area contributed by atoms with E-state index in [0.29, 0.717) is 44.4 Å². The van der Waals surface area contributed by atoms with Gasteiger partial charge in [0.05, 0.1) is 53.5 Å². The van der Waals surface area contributed by atoms with E-state index in [4.69, 9.17) is 58.0 Å². The Bertz CT molecular complexity index is 3760. The van der Waals surface area contributed by atoms with Gasteiger partial charge < -0.3 is 20.1 Å². The minimum atomic E-state index is -4.75. The fourth-order valence-electron chi connectivity index (χ4n) is 5.98. The molecule has 0 fully saturated rings. The van der Waals surface area contributed by atoms with Crippen molar-refractivity contribution >= 4 is 104 Å². The highest BCUT2D eigenvalue weighted by molar-refractivity contribution is 7.15. The van der Waals surface area contributed by atoms with Crippen LogP contribution in [0.5, 0.6) is 0 Å². The summed E-state index contributed by atoms with van der Waals surface area (Å²) in [5, 5.41) is 44.1. The SMILES string of the molecule is CC(F)(F)c1cc(Cl)nnc1Cl.CC(F)(F)c1cc(Nc2cnccn2)nnc1Cl.CC(F)(F)c1cnnc(N(Cc2ccc(-c3noc(C(F)(F)F)n3)s2)c2cnccn2)c1.CC(F)(F)c1cnnc(Nc2cnccn2)c1.Clc1ccc(Cl)nn1. The Morgan fingerprint density at radius 3 is 1.47 bits per heavy atom. The van der Waals surface area contributed by atoms with E-state index < -0.39 is 46.9 Å². The normalized spacial score (nSPS) is 11.5. The van der Waals surface area contributed by atoms with Crippen LogP contribution in [-0.2, 0) is 36.4 Å². The zero-order valence-electron chi connectivity index (χ0n) is 44.0. The minimum Gasteiger partial charge on any atom is -0.329 e. The highest BCUT2D eigenvalue weighted by Gasteiger charge is 2.39. The molecule has 22 nitrogen and oxygen atoms in total. The van der Waals surface area contributed by atoms with E-state index >= 15 is 0 Å². The summed E-state index contributed by atoms with van der Waals surface area (Å²) in [4.78, 5) is 29.5. The van der Waals surface area contributed by atoms with Crippen LogP contribution in [0.2, 0.25) is 25.8 Å². The van der Waals surface area contributed by atoms with Crippen molar-refractivity contribution in [2.75, 3.05) is 15.5 Å². The molecule has 0 atom stereocenters. The molecule has 0 radical (unpaired) electrons. The molecule has 0 aliphatic rings. The monoisotopic (exact) mass is 1340 g/mol. The van der Waals surface area contributed by atoms with Gasteiger partial charge in [0.25, 0.3) is 23.7 Å². The van der Waals surface area contributed by atoms with Crippen LogP contribution in [0, 0.1) is 0 Å². The largest absolute Gasteiger partial charge is 0.471 e. The molecular weight excluding hydrogens is 1300 g/mol. The van der Waals surface area contributed by atoms with Gasteiger partial charge in [-0.15, -0.1) is 52.1 Å². The third kappa shape index (κ3) is 21.5. The summed E-state index contributed by atoms with van der Waals surface area (Å²) >= 11 is 28.2. The van der Waals surface area contributed by atoms with Gasteiger partial charge >= 0.3 is 12.1 Å². The Hall–Kier alpha value is -8.44. The van der Waals surface area contributed by atoms with Gasteiger partial charge in [-0.2, -0.15) is 28.4 Å². The fraction of sp³-hybridized carbons (Fsp3) is 0.208. The predicted molar refractivity (Wildman–Crippen MR) is 295 cm³/mol. The zero-order chi connectivity index (χ0) is 63.7. The van der Waals surface area contributed by atoms with Crippen LogP contribution in [0.1, 0.15) is 60.7 Å². The van der Waals surface area contributed by atoms with Gasteiger partial charge in [-0.25, -0.2) is 50.1 Å². The maximum Gasteiger partial charge on any atom is 0.471 e. The van der Waals surface area contributed by atoms with Crippen molar-refractivity contribution in [3.8, 4) is 10.7 Å². The third-order valence-corrected chi connectivity index (χ3v) is 12.1. The van der Waals surface area contributed by atoms with Crippen LogP contribution in [0.25, 0.3) is 10.7 Å². The molecule has 0 unspecified atom stereocenters. The van der Waals surface area contributed by atoms with Crippen molar-refractivity contribution in [2.45, 2.75) is 64.1 Å². The van der Waals surface area contributed by atoms with Gasteiger partial charge in [-0.3, -0.25) is 15.0 Å². The Morgan fingerprint density at radius 2 is 0.989 bits per heavy atom. The second-order valence-electron chi connectivity index (χ2n) is 16.9. The van der Waals surface area contributed by atoms with Crippen LogP contribution in [0.3, 0.4) is 0 Å². The van der Waals surface area contributed by atoms with Gasteiger partial charge in [0.1, 0.15) is 11.6 Å². The topological polar surface area (TPSA) is 272 Å². The van der Waals surface area contributed by atoms with Crippen LogP contribution in [0.4, 0.5) is 83.2 Å². The standard InChI is InChI=1S/C18H12F5N7OS.C10H8ClF2N5.C10H9F2N5.C6H4Cl2F2N2.C4H2Cl2N2/c1-17(19,20)10-6-13(28-26-7-10)30(14-8-24-4-5-25-14)9-11-2-3-12(32-11)15-27-16(31-29-15)18(21,22)23;1-10(12,13)6-4-7(17-18-9(6)11)16-8-5-14-2-3-15-8;1-10(11,12)7-4-8(17-15-5-7)16-9-6-13-2-3-14-9;1-6(9,10)3-2-4(7)11-12-5(3)8;5-3-1-2-4(6)8-7-3/h2-8H,9H2,1H3;2-5H,1H3,(H,15,16,17);2-6H,1H3,(H,14,16,17);2H,1H3;1-2H. The van der Waals surface area contributed by atoms with E-state index in [-0.39, 0.29) is 56.4 Å². The number of aromatic nitrogens is 18. The Morgan fingerprint density at radius 1 is 0.483 bits per heavy atom. The van der Waals surface area contributed by atoms with Gasteiger partial charge in [0.2, 0.25) is 5.82 Å². The lowest BCUT2D eigenvalue weighted by molar-refractivity contribution is -0.159. The number of alkyl halides is 11. The number of anilines is 6. The first kappa shape index (κ1) is 67.7. The van der Waals surface area contributed by atoms with Crippen LogP contribution < -0.4 is 15.5 Å². The van der Waals surface area contributed by atoms with Crippen molar-refractivity contribution in [1.29, 1.82) is 0 Å². The maximum absolute atomic E-state index is 13.8. The first-order valence-corrected chi connectivity index (χ1v) is 26.2. The van der Waals surface area contributed by atoms with Crippen molar-refractivity contribution in [1.82, 2.24) is 91.0 Å².